The number of ether oxygens (including phenoxy) is 1. The van der Waals surface area contributed by atoms with Gasteiger partial charge in [0, 0.05) is 13.1 Å². The van der Waals surface area contributed by atoms with Gasteiger partial charge in [0.2, 0.25) is 0 Å². The van der Waals surface area contributed by atoms with E-state index in [2.05, 4.69) is 45.9 Å². The minimum atomic E-state index is -0.458. The number of rotatable bonds is 2. The molecular weight excluding hydrogens is 341 g/mol. The highest BCUT2D eigenvalue weighted by Gasteiger charge is 2.51. The third-order valence-corrected chi connectivity index (χ3v) is 5.27. The van der Waals surface area contributed by atoms with Gasteiger partial charge in [0.25, 0.3) is 0 Å². The molecule has 0 radical (unpaired) electrons. The number of likely N-dealkylation sites (tertiary alicyclic amines) is 1. The summed E-state index contributed by atoms with van der Waals surface area (Å²) < 4.78 is 17.6. The Morgan fingerprint density at radius 1 is 1.07 bits per heavy atom. The summed E-state index contributed by atoms with van der Waals surface area (Å²) in [7, 11) is -0.344. The lowest BCUT2D eigenvalue weighted by Crippen LogP contribution is -2.46. The number of carbonyl (C=O) groups excluding carboxylic acids is 1. The molecule has 1 amide bonds. The second-order valence-electron chi connectivity index (χ2n) is 9.39. The first-order valence-corrected chi connectivity index (χ1v) is 9.49. The number of amides is 1. The molecule has 1 aromatic carbocycles. The molecule has 2 saturated heterocycles. The summed E-state index contributed by atoms with van der Waals surface area (Å²) in [6, 6.07) is 8.20. The van der Waals surface area contributed by atoms with Gasteiger partial charge in [-0.3, -0.25) is 0 Å². The fourth-order valence-corrected chi connectivity index (χ4v) is 2.96. The zero-order valence-corrected chi connectivity index (χ0v) is 17.5. The van der Waals surface area contributed by atoms with Crippen LogP contribution < -0.4 is 5.46 Å². The van der Waals surface area contributed by atoms with Crippen LogP contribution in [0.15, 0.2) is 29.8 Å². The number of hydrogen-bond acceptors (Lipinski definition) is 4. The third kappa shape index (κ3) is 4.38. The van der Waals surface area contributed by atoms with Gasteiger partial charge in [-0.1, -0.05) is 30.3 Å². The highest BCUT2D eigenvalue weighted by atomic mass is 16.7. The Balaban J connectivity index is 1.58. The van der Waals surface area contributed by atoms with Crippen molar-refractivity contribution < 1.29 is 18.8 Å². The van der Waals surface area contributed by atoms with Crippen LogP contribution in [0.2, 0.25) is 0 Å². The first-order chi connectivity index (χ1) is 12.4. The van der Waals surface area contributed by atoms with Crippen LogP contribution in [-0.2, 0) is 14.0 Å². The van der Waals surface area contributed by atoms with Gasteiger partial charge in [-0.15, -0.1) is 0 Å². The Kier molecular flexibility index (Phi) is 4.94. The minimum absolute atomic E-state index is 0.254. The average Bonchev–Trinajstić information content (AvgIpc) is 2.69. The fraction of sp³-hybridized carbons (Fsp3) is 0.571. The van der Waals surface area contributed by atoms with Crippen molar-refractivity contribution in [1.82, 2.24) is 4.90 Å². The lowest BCUT2D eigenvalue weighted by Gasteiger charge is -2.35. The Hall–Kier alpha value is -1.79. The van der Waals surface area contributed by atoms with Gasteiger partial charge in [0.1, 0.15) is 5.60 Å². The van der Waals surface area contributed by atoms with E-state index < -0.39 is 5.60 Å². The molecule has 6 heteroatoms. The Morgan fingerprint density at radius 2 is 1.59 bits per heavy atom. The van der Waals surface area contributed by atoms with Crippen molar-refractivity contribution in [3.8, 4) is 0 Å². The van der Waals surface area contributed by atoms with E-state index in [0.717, 1.165) is 11.0 Å². The molecule has 0 unspecified atom stereocenters. The second-order valence-corrected chi connectivity index (χ2v) is 9.39. The Bertz CT molecular complexity index is 722. The van der Waals surface area contributed by atoms with E-state index in [0.29, 0.717) is 13.1 Å². The van der Waals surface area contributed by atoms with E-state index in [9.17, 15) is 4.79 Å². The molecule has 5 nitrogen and oxygen atoms in total. The maximum atomic E-state index is 12.0. The van der Waals surface area contributed by atoms with Gasteiger partial charge in [-0.05, 0) is 65.1 Å². The van der Waals surface area contributed by atoms with Crippen LogP contribution in [0.5, 0.6) is 0 Å². The van der Waals surface area contributed by atoms with Gasteiger partial charge in [-0.2, -0.15) is 0 Å². The van der Waals surface area contributed by atoms with E-state index >= 15 is 0 Å². The van der Waals surface area contributed by atoms with E-state index in [1.54, 1.807) is 4.90 Å². The van der Waals surface area contributed by atoms with Crippen LogP contribution >= 0.6 is 0 Å². The summed E-state index contributed by atoms with van der Waals surface area (Å²) in [6.45, 7) is 15.1. The van der Waals surface area contributed by atoms with Crippen molar-refractivity contribution in [2.45, 2.75) is 65.3 Å². The Labute approximate surface area is 162 Å². The molecule has 1 aromatic rings. The standard InChI is InChI=1S/C21H30BNO4/c1-19(2,3)25-18(24)23-13-16(14-23)12-15-8-10-17(11-9-15)22-26-20(4,5)21(6,7)27-22/h8-12H,13-14H2,1-7H3. The highest BCUT2D eigenvalue weighted by Crippen LogP contribution is 2.36. The van der Waals surface area contributed by atoms with Gasteiger partial charge in [0.05, 0.1) is 11.2 Å². The molecule has 0 bridgehead atoms. The lowest BCUT2D eigenvalue weighted by molar-refractivity contribution is 0.00578. The molecule has 2 aliphatic heterocycles. The molecule has 0 spiro atoms. The summed E-state index contributed by atoms with van der Waals surface area (Å²) >= 11 is 0. The van der Waals surface area contributed by atoms with E-state index in [1.165, 1.54) is 5.57 Å². The summed E-state index contributed by atoms with van der Waals surface area (Å²) in [5.74, 6) is 0. The molecule has 0 N–H and O–H groups in total. The highest BCUT2D eigenvalue weighted by molar-refractivity contribution is 6.62. The van der Waals surface area contributed by atoms with Crippen molar-refractivity contribution in [2.75, 3.05) is 13.1 Å². The van der Waals surface area contributed by atoms with Gasteiger partial charge in [0.15, 0.2) is 0 Å². The third-order valence-electron chi connectivity index (χ3n) is 5.27. The van der Waals surface area contributed by atoms with Crippen LogP contribution in [0, 0.1) is 0 Å². The molecule has 2 aliphatic rings. The SMILES string of the molecule is CC(C)(C)OC(=O)N1CC(=Cc2ccc(B3OC(C)(C)C(C)(C)O3)cc2)C1. The van der Waals surface area contributed by atoms with Crippen LogP contribution in [-0.4, -0.2) is 48.0 Å². The molecule has 2 fully saturated rings. The molecule has 146 valence electrons. The molecule has 0 aliphatic carbocycles. The van der Waals surface area contributed by atoms with Crippen LogP contribution in [0.25, 0.3) is 6.08 Å². The first kappa shape index (κ1) is 20.0. The molecule has 2 heterocycles. The van der Waals surface area contributed by atoms with E-state index in [4.69, 9.17) is 14.0 Å². The lowest BCUT2D eigenvalue weighted by atomic mass is 9.79. The van der Waals surface area contributed by atoms with Crippen molar-refractivity contribution in [3.63, 3.8) is 0 Å². The topological polar surface area (TPSA) is 48.0 Å². The van der Waals surface area contributed by atoms with Crippen LogP contribution in [0.3, 0.4) is 0 Å². The number of benzene rings is 1. The maximum absolute atomic E-state index is 12.0. The van der Waals surface area contributed by atoms with E-state index in [-0.39, 0.29) is 24.4 Å². The number of hydrogen-bond donors (Lipinski definition) is 0. The smallest absolute Gasteiger partial charge is 0.444 e. The second kappa shape index (κ2) is 6.68. The quantitative estimate of drug-likeness (QED) is 0.745. The van der Waals surface area contributed by atoms with Gasteiger partial charge >= 0.3 is 13.2 Å². The number of nitrogens with zero attached hydrogens (tertiary/aromatic N) is 1. The summed E-state index contributed by atoms with van der Waals surface area (Å²) in [5.41, 5.74) is 2.20. The van der Waals surface area contributed by atoms with Gasteiger partial charge in [-0.25, -0.2) is 4.79 Å². The average molecular weight is 371 g/mol. The van der Waals surface area contributed by atoms with Crippen molar-refractivity contribution >= 4 is 24.8 Å². The zero-order chi connectivity index (χ0) is 20.0. The minimum Gasteiger partial charge on any atom is -0.444 e. The predicted molar refractivity (Wildman–Crippen MR) is 108 cm³/mol. The van der Waals surface area contributed by atoms with E-state index in [1.807, 2.05) is 32.9 Å². The maximum Gasteiger partial charge on any atom is 0.494 e. The molecule has 27 heavy (non-hydrogen) atoms. The molecule has 0 aromatic heterocycles. The van der Waals surface area contributed by atoms with Gasteiger partial charge < -0.3 is 18.9 Å². The number of carbonyl (C=O) groups is 1. The zero-order valence-electron chi connectivity index (χ0n) is 17.5. The largest absolute Gasteiger partial charge is 0.494 e. The molecule has 3 rings (SSSR count). The van der Waals surface area contributed by atoms with Crippen LogP contribution in [0.1, 0.15) is 54.0 Å². The van der Waals surface area contributed by atoms with Crippen molar-refractivity contribution in [2.24, 2.45) is 0 Å². The van der Waals surface area contributed by atoms with Crippen molar-refractivity contribution in [3.05, 3.63) is 35.4 Å². The normalized spacial score (nSPS) is 21.1. The monoisotopic (exact) mass is 371 g/mol. The first-order valence-electron chi connectivity index (χ1n) is 9.49. The van der Waals surface area contributed by atoms with Crippen molar-refractivity contribution in [1.29, 1.82) is 0 Å². The molecular formula is C21H30BNO4. The Morgan fingerprint density at radius 3 is 2.07 bits per heavy atom. The fourth-order valence-electron chi connectivity index (χ4n) is 2.96. The molecule has 0 saturated carbocycles. The van der Waals surface area contributed by atoms with Crippen LogP contribution in [0.4, 0.5) is 4.79 Å². The predicted octanol–water partition coefficient (Wildman–Crippen LogP) is 3.62. The summed E-state index contributed by atoms with van der Waals surface area (Å²) in [5, 5.41) is 0. The molecule has 0 atom stereocenters. The summed E-state index contributed by atoms with van der Waals surface area (Å²) in [4.78, 5) is 13.7. The summed E-state index contributed by atoms with van der Waals surface area (Å²) in [6.07, 6.45) is 1.87.